The summed E-state index contributed by atoms with van der Waals surface area (Å²) in [4.78, 5) is 14.8. The summed E-state index contributed by atoms with van der Waals surface area (Å²) in [7, 11) is 1.80. The van der Waals surface area contributed by atoms with Crippen LogP contribution in [0.1, 0.15) is 24.5 Å². The lowest BCUT2D eigenvalue weighted by Crippen LogP contribution is -2.37. The fourth-order valence-electron chi connectivity index (χ4n) is 4.81. The molecule has 0 atom stereocenters. The molecule has 0 fully saturated rings. The second-order valence-corrected chi connectivity index (χ2v) is 11.6. The SMILES string of the molecule is C=CCn1c(=O)/c(=C/c2c(O)n(CC)c(=S)n2C)s/c1=C/c1sc(-c2ccccc2)c(-c2ccccc2)[n+]1CC. The predicted molar refractivity (Wildman–Crippen MR) is 168 cm³/mol. The van der Waals surface area contributed by atoms with Gasteiger partial charge in [0.15, 0.2) is 4.77 Å². The maximum Gasteiger partial charge on any atom is 0.269 e. The van der Waals surface area contributed by atoms with Crippen molar-refractivity contribution in [2.45, 2.75) is 33.5 Å². The molecule has 5 rings (SSSR count). The zero-order valence-electron chi connectivity index (χ0n) is 22.7. The molecule has 9 heteroatoms. The van der Waals surface area contributed by atoms with E-state index in [1.165, 1.54) is 16.2 Å². The average Bonchev–Trinajstić information content (AvgIpc) is 3.56. The normalized spacial score (nSPS) is 12.4. The van der Waals surface area contributed by atoms with Gasteiger partial charge < -0.3 is 9.67 Å². The lowest BCUT2D eigenvalue weighted by atomic mass is 10.1. The first-order valence-electron chi connectivity index (χ1n) is 13.1. The van der Waals surface area contributed by atoms with Gasteiger partial charge in [-0.15, -0.1) is 17.9 Å². The van der Waals surface area contributed by atoms with E-state index in [0.717, 1.165) is 33.0 Å². The van der Waals surface area contributed by atoms with Gasteiger partial charge in [-0.1, -0.05) is 65.9 Å². The maximum atomic E-state index is 13.6. The number of imidazole rings is 1. The van der Waals surface area contributed by atoms with E-state index >= 15 is 0 Å². The topological polar surface area (TPSA) is 56.0 Å². The molecule has 1 N–H and O–H groups in total. The zero-order valence-corrected chi connectivity index (χ0v) is 25.2. The molecular weight excluding hydrogens is 557 g/mol. The van der Waals surface area contributed by atoms with Crippen molar-refractivity contribution in [3.05, 3.63) is 108 Å². The number of benzene rings is 2. The van der Waals surface area contributed by atoms with Crippen molar-refractivity contribution in [2.75, 3.05) is 0 Å². The van der Waals surface area contributed by atoms with Gasteiger partial charge in [-0.3, -0.25) is 13.9 Å². The smallest absolute Gasteiger partial charge is 0.269 e. The number of nitrogens with zero attached hydrogens (tertiary/aromatic N) is 4. The van der Waals surface area contributed by atoms with Gasteiger partial charge in [0.25, 0.3) is 10.6 Å². The van der Waals surface area contributed by atoms with Crippen molar-refractivity contribution in [3.63, 3.8) is 0 Å². The third kappa shape index (κ3) is 4.96. The zero-order chi connectivity index (χ0) is 28.4. The summed E-state index contributed by atoms with van der Waals surface area (Å²) < 4.78 is 9.27. The number of thiazole rings is 2. The van der Waals surface area contributed by atoms with Gasteiger partial charge in [-0.2, -0.15) is 4.57 Å². The Kier molecular flexibility index (Phi) is 8.16. The Morgan fingerprint density at radius 2 is 1.62 bits per heavy atom. The van der Waals surface area contributed by atoms with Gasteiger partial charge in [0, 0.05) is 25.7 Å². The molecule has 0 unspecified atom stereocenters. The van der Waals surface area contributed by atoms with E-state index in [4.69, 9.17) is 12.2 Å². The lowest BCUT2D eigenvalue weighted by molar-refractivity contribution is -0.679. The van der Waals surface area contributed by atoms with Gasteiger partial charge in [0.1, 0.15) is 21.8 Å². The van der Waals surface area contributed by atoms with Gasteiger partial charge in [0.2, 0.25) is 11.6 Å². The van der Waals surface area contributed by atoms with Crippen LogP contribution in [0.15, 0.2) is 78.1 Å². The molecule has 0 radical (unpaired) electrons. The summed E-state index contributed by atoms with van der Waals surface area (Å²) in [5.41, 5.74) is 3.84. The fraction of sp³-hybridized carbons (Fsp3) is 0.194. The molecule has 0 saturated heterocycles. The third-order valence-corrected chi connectivity index (χ3v) is 9.53. The lowest BCUT2D eigenvalue weighted by Gasteiger charge is -2.02. The molecule has 0 amide bonds. The average molecular weight is 588 g/mol. The number of aromatic hydroxyl groups is 1. The molecule has 2 aromatic carbocycles. The Hall–Kier alpha value is -3.79. The second kappa shape index (κ2) is 11.8. The van der Waals surface area contributed by atoms with Crippen molar-refractivity contribution in [1.82, 2.24) is 13.7 Å². The maximum absolute atomic E-state index is 13.6. The van der Waals surface area contributed by atoms with Gasteiger partial charge in [-0.25, -0.2) is 0 Å². The third-order valence-electron chi connectivity index (χ3n) is 6.80. The minimum atomic E-state index is -0.128. The minimum absolute atomic E-state index is 0.0608. The van der Waals surface area contributed by atoms with E-state index in [9.17, 15) is 9.90 Å². The highest BCUT2D eigenvalue weighted by Crippen LogP contribution is 2.36. The largest absolute Gasteiger partial charge is 0.493 e. The summed E-state index contributed by atoms with van der Waals surface area (Å²) in [6.45, 7) is 9.63. The van der Waals surface area contributed by atoms with Gasteiger partial charge >= 0.3 is 0 Å². The van der Waals surface area contributed by atoms with Crippen molar-refractivity contribution in [1.29, 1.82) is 0 Å². The summed E-state index contributed by atoms with van der Waals surface area (Å²) >= 11 is 8.59. The van der Waals surface area contributed by atoms with E-state index in [0.29, 0.717) is 28.1 Å². The number of allylic oxidation sites excluding steroid dienone is 1. The fourth-order valence-corrected chi connectivity index (χ4v) is 7.52. The minimum Gasteiger partial charge on any atom is -0.493 e. The van der Waals surface area contributed by atoms with Crippen LogP contribution in [0.4, 0.5) is 0 Å². The van der Waals surface area contributed by atoms with E-state index in [1.54, 1.807) is 44.2 Å². The number of hydrogen-bond donors (Lipinski definition) is 1. The Bertz CT molecular complexity index is 1920. The first kappa shape index (κ1) is 27.8. The molecular formula is C31H31N4O2S3+. The van der Waals surface area contributed by atoms with Crippen LogP contribution in [0.25, 0.3) is 33.9 Å². The molecule has 5 aromatic rings. The molecule has 0 saturated carbocycles. The number of aromatic nitrogens is 4. The molecule has 40 heavy (non-hydrogen) atoms. The highest BCUT2D eigenvalue weighted by molar-refractivity contribution is 7.71. The summed E-state index contributed by atoms with van der Waals surface area (Å²) in [6.07, 6.45) is 5.55. The van der Waals surface area contributed by atoms with Crippen molar-refractivity contribution in [3.8, 4) is 27.6 Å². The van der Waals surface area contributed by atoms with Crippen LogP contribution in [0.2, 0.25) is 0 Å². The summed E-state index contributed by atoms with van der Waals surface area (Å²) in [5, 5.41) is 11.8. The number of hydrogen-bond acceptors (Lipinski definition) is 5. The van der Waals surface area contributed by atoms with Crippen LogP contribution in [-0.4, -0.2) is 18.8 Å². The highest BCUT2D eigenvalue weighted by atomic mass is 32.1. The first-order chi connectivity index (χ1) is 19.4. The molecule has 3 heterocycles. The van der Waals surface area contributed by atoms with E-state index in [2.05, 4.69) is 72.7 Å². The predicted octanol–water partition coefficient (Wildman–Crippen LogP) is 5.05. The summed E-state index contributed by atoms with van der Waals surface area (Å²) in [5.74, 6) is 0.0608. The quantitative estimate of drug-likeness (QED) is 0.157. The molecule has 204 valence electrons. The van der Waals surface area contributed by atoms with Crippen molar-refractivity contribution < 1.29 is 9.67 Å². The molecule has 3 aromatic heterocycles. The van der Waals surface area contributed by atoms with Gasteiger partial charge in [-0.05, 0) is 49.8 Å². The van der Waals surface area contributed by atoms with Gasteiger partial charge in [0.05, 0.1) is 10.6 Å². The Morgan fingerprint density at radius 1 is 0.975 bits per heavy atom. The molecule has 0 bridgehead atoms. The van der Waals surface area contributed by atoms with Crippen LogP contribution in [0, 0.1) is 4.77 Å². The van der Waals surface area contributed by atoms with Crippen molar-refractivity contribution >= 4 is 47.0 Å². The van der Waals surface area contributed by atoms with E-state index in [1.807, 2.05) is 19.1 Å². The molecule has 0 aliphatic heterocycles. The van der Waals surface area contributed by atoms with Crippen LogP contribution in [-0.2, 0) is 26.7 Å². The van der Waals surface area contributed by atoms with Crippen LogP contribution >= 0.6 is 34.9 Å². The molecule has 6 nitrogen and oxygen atoms in total. The molecule has 0 aliphatic carbocycles. The van der Waals surface area contributed by atoms with E-state index < -0.39 is 0 Å². The Morgan fingerprint density at radius 3 is 2.20 bits per heavy atom. The monoisotopic (exact) mass is 587 g/mol. The molecule has 0 aliphatic rings. The van der Waals surface area contributed by atoms with Crippen molar-refractivity contribution in [2.24, 2.45) is 7.05 Å². The van der Waals surface area contributed by atoms with E-state index in [-0.39, 0.29) is 11.4 Å². The van der Waals surface area contributed by atoms with Crippen LogP contribution < -0.4 is 19.3 Å². The standard InChI is InChI=1S/C31H30N4O2S3/c1-5-18-35-26(39-24(30(35)37)19-23-29(36)34(7-3)31(38)32(23)4)20-25-33(6-2)27(21-14-10-8-11-15-21)28(40-25)22-16-12-9-13-17-22/h5,8-17,19-20H,1,6-7,18H2,2-4H3/p+1. The van der Waals surface area contributed by atoms with Crippen LogP contribution in [0.3, 0.4) is 0 Å². The Balaban J connectivity index is 1.78. The second-order valence-electron chi connectivity index (χ2n) is 9.19. The summed E-state index contributed by atoms with van der Waals surface area (Å²) in [6, 6.07) is 20.8. The number of rotatable bonds is 8. The Labute approximate surface area is 246 Å². The first-order valence-corrected chi connectivity index (χ1v) is 15.1. The van der Waals surface area contributed by atoms with Crippen LogP contribution in [0.5, 0.6) is 5.88 Å². The highest BCUT2D eigenvalue weighted by Gasteiger charge is 2.27. The molecule has 0 spiro atoms.